The number of carboxylic acids is 1. The summed E-state index contributed by atoms with van der Waals surface area (Å²) in [5, 5.41) is 10.3. The van der Waals surface area contributed by atoms with Gasteiger partial charge in [-0.1, -0.05) is 0 Å². The van der Waals surface area contributed by atoms with E-state index in [9.17, 15) is 18.3 Å². The zero-order valence-corrected chi connectivity index (χ0v) is 8.44. The van der Waals surface area contributed by atoms with Crippen LogP contribution in [0.5, 0.6) is 0 Å². The average Bonchev–Trinajstić information content (AvgIpc) is 2.31. The van der Waals surface area contributed by atoms with Crippen LogP contribution in [0.3, 0.4) is 0 Å². The SMILES string of the molecule is CS(=O)(=O)Cc1ccc(C(=O)[O-])s1. The molecule has 6 heteroatoms. The van der Waals surface area contributed by atoms with Crippen molar-refractivity contribution in [3.05, 3.63) is 21.9 Å². The molecule has 0 aliphatic carbocycles. The van der Waals surface area contributed by atoms with Crippen LogP contribution in [0.25, 0.3) is 0 Å². The van der Waals surface area contributed by atoms with Crippen LogP contribution < -0.4 is 5.11 Å². The Labute approximate surface area is 79.7 Å². The number of aromatic carboxylic acids is 1. The molecular formula is C7H7O4S2-. The van der Waals surface area contributed by atoms with Crippen molar-refractivity contribution >= 4 is 27.1 Å². The summed E-state index contributed by atoms with van der Waals surface area (Å²) in [4.78, 5) is 10.9. The molecule has 0 N–H and O–H groups in total. The van der Waals surface area contributed by atoms with E-state index in [2.05, 4.69) is 0 Å². The topological polar surface area (TPSA) is 74.3 Å². The van der Waals surface area contributed by atoms with Gasteiger partial charge in [0.1, 0.15) is 0 Å². The number of carbonyl (C=O) groups is 1. The predicted octanol–water partition coefficient (Wildman–Crippen LogP) is -0.344. The third-order valence-electron chi connectivity index (χ3n) is 1.27. The maximum atomic E-state index is 10.8. The molecule has 0 amide bonds. The summed E-state index contributed by atoms with van der Waals surface area (Å²) in [6.45, 7) is 0. The van der Waals surface area contributed by atoms with E-state index in [4.69, 9.17) is 0 Å². The highest BCUT2D eigenvalue weighted by molar-refractivity contribution is 7.90. The fraction of sp³-hybridized carbons (Fsp3) is 0.286. The summed E-state index contributed by atoms with van der Waals surface area (Å²) in [6.07, 6.45) is 1.10. The number of thiophene rings is 1. The Morgan fingerprint density at radius 3 is 2.54 bits per heavy atom. The lowest BCUT2D eigenvalue weighted by molar-refractivity contribution is -0.254. The van der Waals surface area contributed by atoms with Gasteiger partial charge in [0.15, 0.2) is 9.84 Å². The van der Waals surface area contributed by atoms with Crippen molar-refractivity contribution in [3.63, 3.8) is 0 Å². The fourth-order valence-corrected chi connectivity index (χ4v) is 2.95. The smallest absolute Gasteiger partial charge is 0.152 e. The Bertz CT molecular complexity index is 415. The molecule has 4 nitrogen and oxygen atoms in total. The van der Waals surface area contributed by atoms with E-state index >= 15 is 0 Å². The van der Waals surface area contributed by atoms with Crippen LogP contribution in [0, 0.1) is 0 Å². The highest BCUT2D eigenvalue weighted by Gasteiger charge is 2.07. The van der Waals surface area contributed by atoms with Gasteiger partial charge in [0.2, 0.25) is 0 Å². The van der Waals surface area contributed by atoms with Gasteiger partial charge in [-0.15, -0.1) is 11.3 Å². The molecule has 0 saturated carbocycles. The molecule has 13 heavy (non-hydrogen) atoms. The number of hydrogen-bond donors (Lipinski definition) is 0. The van der Waals surface area contributed by atoms with Crippen molar-refractivity contribution in [2.45, 2.75) is 5.75 Å². The molecule has 1 rings (SSSR count). The van der Waals surface area contributed by atoms with E-state index in [1.54, 1.807) is 0 Å². The predicted molar refractivity (Wildman–Crippen MR) is 47.2 cm³/mol. The first-order valence-electron chi connectivity index (χ1n) is 3.36. The zero-order chi connectivity index (χ0) is 10.1. The number of rotatable bonds is 3. The third-order valence-corrected chi connectivity index (χ3v) is 3.35. The lowest BCUT2D eigenvalue weighted by Crippen LogP contribution is -2.20. The lowest BCUT2D eigenvalue weighted by Gasteiger charge is -1.95. The van der Waals surface area contributed by atoms with Crippen LogP contribution >= 0.6 is 11.3 Å². The van der Waals surface area contributed by atoms with Gasteiger partial charge in [-0.3, -0.25) is 0 Å². The normalized spacial score (nSPS) is 11.5. The number of hydrogen-bond acceptors (Lipinski definition) is 5. The van der Waals surface area contributed by atoms with Gasteiger partial charge >= 0.3 is 0 Å². The average molecular weight is 219 g/mol. The van der Waals surface area contributed by atoms with Crippen molar-refractivity contribution in [2.24, 2.45) is 0 Å². The molecule has 0 bridgehead atoms. The minimum Gasteiger partial charge on any atom is -0.544 e. The van der Waals surface area contributed by atoms with Gasteiger partial charge in [0, 0.05) is 11.1 Å². The molecule has 0 aliphatic rings. The Hall–Kier alpha value is -0.880. The molecule has 0 atom stereocenters. The quantitative estimate of drug-likeness (QED) is 0.696. The summed E-state index contributed by atoms with van der Waals surface area (Å²) < 4.78 is 21.6. The van der Waals surface area contributed by atoms with Gasteiger partial charge in [0.25, 0.3) is 0 Å². The standard InChI is InChI=1S/C7H8O4S2/c1-13(10,11)4-5-2-3-6(12-5)7(8)9/h2-3H,4H2,1H3,(H,8,9)/p-1. The van der Waals surface area contributed by atoms with Crippen LogP contribution in [0.15, 0.2) is 12.1 Å². The van der Waals surface area contributed by atoms with Crippen molar-refractivity contribution in [3.8, 4) is 0 Å². The van der Waals surface area contributed by atoms with Gasteiger partial charge in [-0.25, -0.2) is 8.42 Å². The summed E-state index contributed by atoms with van der Waals surface area (Å²) in [5.41, 5.74) is 0. The molecule has 0 aromatic carbocycles. The Kier molecular flexibility index (Phi) is 2.72. The monoisotopic (exact) mass is 219 g/mol. The molecule has 1 heterocycles. The first-order valence-corrected chi connectivity index (χ1v) is 6.24. The first-order chi connectivity index (χ1) is 5.88. The molecule has 0 aliphatic heterocycles. The zero-order valence-electron chi connectivity index (χ0n) is 6.81. The van der Waals surface area contributed by atoms with Crippen LogP contribution in [0.2, 0.25) is 0 Å². The molecular weight excluding hydrogens is 212 g/mol. The van der Waals surface area contributed by atoms with E-state index < -0.39 is 15.8 Å². The van der Waals surface area contributed by atoms with Crippen molar-refractivity contribution in [1.82, 2.24) is 0 Å². The minimum absolute atomic E-state index is 0.0543. The van der Waals surface area contributed by atoms with E-state index in [-0.39, 0.29) is 10.6 Å². The first kappa shape index (κ1) is 10.2. The minimum atomic E-state index is -3.09. The van der Waals surface area contributed by atoms with E-state index in [1.807, 2.05) is 0 Å². The largest absolute Gasteiger partial charge is 0.544 e. The highest BCUT2D eigenvalue weighted by atomic mass is 32.2. The van der Waals surface area contributed by atoms with Crippen molar-refractivity contribution < 1.29 is 18.3 Å². The molecule has 0 unspecified atom stereocenters. The van der Waals surface area contributed by atoms with Gasteiger partial charge in [-0.2, -0.15) is 0 Å². The second-order valence-electron chi connectivity index (χ2n) is 2.62. The Morgan fingerprint density at radius 1 is 1.54 bits per heavy atom. The third kappa shape index (κ3) is 3.16. The van der Waals surface area contributed by atoms with Crippen LogP contribution in [0.4, 0.5) is 0 Å². The summed E-state index contributed by atoms with van der Waals surface area (Å²) in [6, 6.07) is 2.83. The second kappa shape index (κ2) is 3.47. The molecule has 1 aromatic rings. The van der Waals surface area contributed by atoms with E-state index in [0.29, 0.717) is 4.88 Å². The van der Waals surface area contributed by atoms with Gasteiger partial charge in [-0.05, 0) is 12.1 Å². The Balaban J connectivity index is 2.87. The number of sulfone groups is 1. The maximum absolute atomic E-state index is 10.8. The molecule has 0 fully saturated rings. The molecule has 0 spiro atoms. The molecule has 1 aromatic heterocycles. The van der Waals surface area contributed by atoms with E-state index in [0.717, 1.165) is 17.6 Å². The van der Waals surface area contributed by atoms with E-state index in [1.165, 1.54) is 12.1 Å². The fourth-order valence-electron chi connectivity index (χ4n) is 0.824. The van der Waals surface area contributed by atoms with Crippen LogP contribution in [0.1, 0.15) is 14.5 Å². The molecule has 0 saturated heterocycles. The lowest BCUT2D eigenvalue weighted by atomic mass is 10.4. The highest BCUT2D eigenvalue weighted by Crippen LogP contribution is 2.17. The number of carbonyl (C=O) groups excluding carboxylic acids is 1. The summed E-state index contributed by atoms with van der Waals surface area (Å²) in [7, 11) is -3.09. The van der Waals surface area contributed by atoms with Gasteiger partial charge < -0.3 is 9.90 Å². The summed E-state index contributed by atoms with van der Waals surface area (Å²) >= 11 is 0.927. The maximum Gasteiger partial charge on any atom is 0.152 e. The Morgan fingerprint density at radius 2 is 2.15 bits per heavy atom. The van der Waals surface area contributed by atoms with Crippen LogP contribution in [-0.2, 0) is 15.6 Å². The second-order valence-corrected chi connectivity index (χ2v) is 5.93. The van der Waals surface area contributed by atoms with Crippen LogP contribution in [-0.4, -0.2) is 20.6 Å². The van der Waals surface area contributed by atoms with Crippen molar-refractivity contribution in [1.29, 1.82) is 0 Å². The van der Waals surface area contributed by atoms with Gasteiger partial charge in [0.05, 0.1) is 16.6 Å². The molecule has 0 radical (unpaired) electrons. The summed E-state index contributed by atoms with van der Waals surface area (Å²) in [5.74, 6) is -1.39. The number of carboxylic acid groups (broad SMARTS) is 1. The molecule has 72 valence electrons. The van der Waals surface area contributed by atoms with Crippen molar-refractivity contribution in [2.75, 3.05) is 6.26 Å².